The lowest BCUT2D eigenvalue weighted by Gasteiger charge is -2.19. The molecule has 1 heterocycles. The van der Waals surface area contributed by atoms with Gasteiger partial charge in [0.2, 0.25) is 5.91 Å². The Kier molecular flexibility index (Phi) is 5.38. The van der Waals surface area contributed by atoms with Crippen LogP contribution in [-0.2, 0) is 4.79 Å². The molecule has 0 aliphatic heterocycles. The van der Waals surface area contributed by atoms with Gasteiger partial charge in [-0.15, -0.1) is 0 Å². The van der Waals surface area contributed by atoms with Crippen molar-refractivity contribution in [2.45, 2.75) is 12.3 Å². The summed E-state index contributed by atoms with van der Waals surface area (Å²) in [6, 6.07) is 13.2. The normalized spacial score (nSPS) is 12.0. The van der Waals surface area contributed by atoms with Crippen molar-refractivity contribution in [2.75, 3.05) is 31.3 Å². The molecule has 1 aromatic heterocycles. The van der Waals surface area contributed by atoms with Crippen molar-refractivity contribution in [1.29, 1.82) is 0 Å². The molecule has 136 valence electrons. The number of H-pyrrole nitrogens is 1. The van der Waals surface area contributed by atoms with Crippen LogP contribution in [0.5, 0.6) is 5.75 Å². The second kappa shape index (κ2) is 7.88. The van der Waals surface area contributed by atoms with E-state index in [2.05, 4.69) is 20.8 Å². The molecule has 0 saturated heterocycles. The van der Waals surface area contributed by atoms with Crippen LogP contribution in [0.4, 0.5) is 11.5 Å². The standard InChI is InChI=1S/C19H23N5O2/c1-21-18-15-11-12(7-8-16(15)23-24-18)22-19(25)14(9-10-20)13-5-3-4-6-17(13)26-2/h3-8,11,14H,9-10,20H2,1-2H3,(H,22,25)(H2,21,23,24). The van der Waals surface area contributed by atoms with Crippen LogP contribution in [0.15, 0.2) is 42.5 Å². The third-order valence-corrected chi connectivity index (χ3v) is 4.35. The summed E-state index contributed by atoms with van der Waals surface area (Å²) >= 11 is 0. The van der Waals surface area contributed by atoms with Gasteiger partial charge in [-0.05, 0) is 37.2 Å². The van der Waals surface area contributed by atoms with E-state index in [1.165, 1.54) is 0 Å². The van der Waals surface area contributed by atoms with Gasteiger partial charge in [-0.2, -0.15) is 5.10 Å². The highest BCUT2D eigenvalue weighted by molar-refractivity contribution is 5.99. The van der Waals surface area contributed by atoms with Gasteiger partial charge < -0.3 is 21.1 Å². The molecular weight excluding hydrogens is 330 g/mol. The summed E-state index contributed by atoms with van der Waals surface area (Å²) in [5, 5.41) is 14.1. The summed E-state index contributed by atoms with van der Waals surface area (Å²) < 4.78 is 5.41. The van der Waals surface area contributed by atoms with Crippen LogP contribution in [0, 0.1) is 0 Å². The van der Waals surface area contributed by atoms with Gasteiger partial charge in [-0.1, -0.05) is 18.2 Å². The zero-order chi connectivity index (χ0) is 18.5. The fourth-order valence-corrected chi connectivity index (χ4v) is 3.06. The van der Waals surface area contributed by atoms with E-state index in [0.29, 0.717) is 24.4 Å². The molecule has 26 heavy (non-hydrogen) atoms. The largest absolute Gasteiger partial charge is 0.496 e. The third kappa shape index (κ3) is 3.48. The quantitative estimate of drug-likeness (QED) is 0.523. The lowest BCUT2D eigenvalue weighted by Crippen LogP contribution is -2.24. The maximum atomic E-state index is 12.9. The van der Waals surface area contributed by atoms with Gasteiger partial charge in [-0.3, -0.25) is 9.89 Å². The number of fused-ring (bicyclic) bond motifs is 1. The van der Waals surface area contributed by atoms with Crippen molar-refractivity contribution >= 4 is 28.3 Å². The first-order valence-electron chi connectivity index (χ1n) is 8.47. The molecule has 3 rings (SSSR count). The van der Waals surface area contributed by atoms with Gasteiger partial charge in [0, 0.05) is 23.7 Å². The average molecular weight is 353 g/mol. The van der Waals surface area contributed by atoms with Crippen LogP contribution in [0.3, 0.4) is 0 Å². The molecule has 0 saturated carbocycles. The Labute approximate surface area is 151 Å². The molecule has 0 aliphatic carbocycles. The van der Waals surface area contributed by atoms with Crippen molar-refractivity contribution in [3.63, 3.8) is 0 Å². The second-order valence-electron chi connectivity index (χ2n) is 5.94. The van der Waals surface area contributed by atoms with E-state index in [4.69, 9.17) is 10.5 Å². The first-order chi connectivity index (χ1) is 12.7. The maximum Gasteiger partial charge on any atom is 0.232 e. The molecule has 7 heteroatoms. The summed E-state index contributed by atoms with van der Waals surface area (Å²) in [4.78, 5) is 12.9. The van der Waals surface area contributed by atoms with Gasteiger partial charge in [0.05, 0.1) is 18.5 Å². The number of carbonyl (C=O) groups is 1. The van der Waals surface area contributed by atoms with Gasteiger partial charge in [0.1, 0.15) is 5.75 Å². The van der Waals surface area contributed by atoms with Crippen LogP contribution in [-0.4, -0.2) is 36.8 Å². The smallest absolute Gasteiger partial charge is 0.232 e. The lowest BCUT2D eigenvalue weighted by molar-refractivity contribution is -0.117. The molecule has 0 fully saturated rings. The Balaban J connectivity index is 1.88. The summed E-state index contributed by atoms with van der Waals surface area (Å²) in [5.41, 5.74) is 8.18. The second-order valence-corrected chi connectivity index (χ2v) is 5.94. The van der Waals surface area contributed by atoms with Gasteiger partial charge in [0.25, 0.3) is 0 Å². The number of benzene rings is 2. The van der Waals surface area contributed by atoms with Crippen LogP contribution in [0.25, 0.3) is 10.9 Å². The molecule has 1 amide bonds. The number of nitrogens with zero attached hydrogens (tertiary/aromatic N) is 1. The molecule has 5 N–H and O–H groups in total. The Morgan fingerprint density at radius 3 is 2.85 bits per heavy atom. The molecule has 0 spiro atoms. The van der Waals surface area contributed by atoms with E-state index in [0.717, 1.165) is 22.3 Å². The van der Waals surface area contributed by atoms with E-state index in [9.17, 15) is 4.79 Å². The molecule has 7 nitrogen and oxygen atoms in total. The number of aromatic nitrogens is 2. The Hall–Kier alpha value is -3.06. The highest BCUT2D eigenvalue weighted by Crippen LogP contribution is 2.30. The Morgan fingerprint density at radius 1 is 1.31 bits per heavy atom. The van der Waals surface area contributed by atoms with Gasteiger partial charge in [0.15, 0.2) is 5.82 Å². The van der Waals surface area contributed by atoms with Crippen molar-refractivity contribution in [1.82, 2.24) is 10.2 Å². The number of nitrogens with one attached hydrogen (secondary N) is 3. The Morgan fingerprint density at radius 2 is 2.12 bits per heavy atom. The minimum atomic E-state index is -0.389. The number of hydrogen-bond acceptors (Lipinski definition) is 5. The van der Waals surface area contributed by atoms with Gasteiger partial charge >= 0.3 is 0 Å². The summed E-state index contributed by atoms with van der Waals surface area (Å²) in [5.74, 6) is 0.914. The summed E-state index contributed by atoms with van der Waals surface area (Å²) in [6.07, 6.45) is 0.530. The minimum Gasteiger partial charge on any atom is -0.496 e. The third-order valence-electron chi connectivity index (χ3n) is 4.35. The van der Waals surface area contributed by atoms with Crippen molar-refractivity contribution < 1.29 is 9.53 Å². The number of methoxy groups -OCH3 is 1. The highest BCUT2D eigenvalue weighted by atomic mass is 16.5. The van der Waals surface area contributed by atoms with E-state index in [1.807, 2.05) is 42.5 Å². The molecule has 0 aliphatic rings. The fraction of sp³-hybridized carbons (Fsp3) is 0.263. The average Bonchev–Trinajstić information content (AvgIpc) is 3.08. The topological polar surface area (TPSA) is 105 Å². The number of carbonyl (C=O) groups excluding carboxylic acids is 1. The number of rotatable bonds is 7. The number of nitrogens with two attached hydrogens (primary N) is 1. The molecule has 2 aromatic carbocycles. The van der Waals surface area contributed by atoms with Crippen LogP contribution in [0.1, 0.15) is 17.9 Å². The van der Waals surface area contributed by atoms with Crippen molar-refractivity contribution in [3.8, 4) is 5.75 Å². The number of ether oxygens (including phenoxy) is 1. The fourth-order valence-electron chi connectivity index (χ4n) is 3.06. The maximum absolute atomic E-state index is 12.9. The molecule has 1 atom stereocenters. The summed E-state index contributed by atoms with van der Waals surface area (Å²) in [7, 11) is 3.40. The lowest BCUT2D eigenvalue weighted by atomic mass is 9.93. The van der Waals surface area contributed by atoms with Gasteiger partial charge in [-0.25, -0.2) is 0 Å². The van der Waals surface area contributed by atoms with E-state index in [1.54, 1.807) is 14.2 Å². The Bertz CT molecular complexity index is 906. The molecule has 0 radical (unpaired) electrons. The molecular formula is C19H23N5O2. The minimum absolute atomic E-state index is 0.117. The summed E-state index contributed by atoms with van der Waals surface area (Å²) in [6.45, 7) is 0.404. The highest BCUT2D eigenvalue weighted by Gasteiger charge is 2.23. The SMILES string of the molecule is CNc1n[nH]c2ccc(NC(=O)C(CCN)c3ccccc3OC)cc12. The number of amides is 1. The van der Waals surface area contributed by atoms with Crippen molar-refractivity contribution in [2.24, 2.45) is 5.73 Å². The van der Waals surface area contributed by atoms with Crippen LogP contribution in [0.2, 0.25) is 0 Å². The zero-order valence-electron chi connectivity index (χ0n) is 14.9. The van der Waals surface area contributed by atoms with Crippen LogP contribution >= 0.6 is 0 Å². The molecule has 3 aromatic rings. The van der Waals surface area contributed by atoms with Crippen LogP contribution < -0.4 is 21.1 Å². The predicted molar refractivity (Wildman–Crippen MR) is 104 cm³/mol. The van der Waals surface area contributed by atoms with E-state index < -0.39 is 0 Å². The first-order valence-corrected chi connectivity index (χ1v) is 8.47. The number of aromatic amines is 1. The monoisotopic (exact) mass is 353 g/mol. The number of hydrogen-bond donors (Lipinski definition) is 4. The zero-order valence-corrected chi connectivity index (χ0v) is 14.9. The number of para-hydroxylation sites is 1. The van der Waals surface area contributed by atoms with E-state index in [-0.39, 0.29) is 11.8 Å². The molecule has 0 bridgehead atoms. The van der Waals surface area contributed by atoms with E-state index >= 15 is 0 Å². The van der Waals surface area contributed by atoms with Crippen molar-refractivity contribution in [3.05, 3.63) is 48.0 Å². The predicted octanol–water partition coefficient (Wildman–Crippen LogP) is 2.68. The number of anilines is 2. The first kappa shape index (κ1) is 17.8. The molecule has 1 unspecified atom stereocenters.